The molecule has 2 rings (SSSR count). The molecule has 0 aromatic heterocycles. The highest BCUT2D eigenvalue weighted by molar-refractivity contribution is 5.86. The Morgan fingerprint density at radius 1 is 1.12 bits per heavy atom. The van der Waals surface area contributed by atoms with Gasteiger partial charge in [0.25, 0.3) is 5.91 Å². The lowest BCUT2D eigenvalue weighted by Crippen LogP contribution is -2.25. The smallest absolute Gasteiger partial charge is 0.267 e. The van der Waals surface area contributed by atoms with Gasteiger partial charge in [-0.15, -0.1) is 0 Å². The van der Waals surface area contributed by atoms with Crippen molar-refractivity contribution in [3.8, 4) is 11.5 Å². The van der Waals surface area contributed by atoms with Gasteiger partial charge in [0.15, 0.2) is 0 Å². The maximum absolute atomic E-state index is 11.0. The monoisotopic (exact) mass is 343 g/mol. The quantitative estimate of drug-likeness (QED) is 0.336. The number of ether oxygens (including phenoxy) is 1. The van der Waals surface area contributed by atoms with E-state index < -0.39 is 18.1 Å². The van der Waals surface area contributed by atoms with Gasteiger partial charge >= 0.3 is 0 Å². The predicted molar refractivity (Wildman–Crippen MR) is 92.2 cm³/mol. The van der Waals surface area contributed by atoms with Crippen LogP contribution in [0.2, 0.25) is 0 Å². The van der Waals surface area contributed by atoms with Gasteiger partial charge in [0, 0.05) is 6.08 Å². The molecule has 6 nitrogen and oxygen atoms in total. The average Bonchev–Trinajstić information content (AvgIpc) is 2.64. The Balaban J connectivity index is 2.08. The normalized spacial score (nSPS) is 13.4. The number of para-hydroxylation sites is 1. The molecule has 0 aliphatic carbocycles. The summed E-state index contributed by atoms with van der Waals surface area (Å²) in [6, 6.07) is 15.4. The van der Waals surface area contributed by atoms with Crippen molar-refractivity contribution in [2.45, 2.75) is 25.0 Å². The summed E-state index contributed by atoms with van der Waals surface area (Å²) in [6.07, 6.45) is 2.28. The Kier molecular flexibility index (Phi) is 7.00. The first-order valence-electron chi connectivity index (χ1n) is 7.89. The van der Waals surface area contributed by atoms with E-state index in [4.69, 9.17) is 9.94 Å². The lowest BCUT2D eigenvalue weighted by molar-refractivity contribution is -0.124. The number of carbonyl (C=O) groups is 1. The fourth-order valence-corrected chi connectivity index (χ4v) is 2.33. The molecule has 1 amide bonds. The third-order valence-electron chi connectivity index (χ3n) is 3.61. The van der Waals surface area contributed by atoms with Crippen LogP contribution in [0.5, 0.6) is 11.5 Å². The summed E-state index contributed by atoms with van der Waals surface area (Å²) in [6.45, 7) is 0. The van der Waals surface area contributed by atoms with Crippen molar-refractivity contribution < 1.29 is 25.0 Å². The maximum Gasteiger partial charge on any atom is 0.267 e. The number of nitrogens with one attached hydrogen (secondary N) is 1. The van der Waals surface area contributed by atoms with Crippen molar-refractivity contribution >= 4 is 5.91 Å². The van der Waals surface area contributed by atoms with Crippen LogP contribution in [0.25, 0.3) is 0 Å². The van der Waals surface area contributed by atoms with Gasteiger partial charge in [-0.25, -0.2) is 5.48 Å². The number of rotatable bonds is 8. The SMILES string of the molecule is O=C(/C=C/CC[C@@H](Oc1ccccc1)[C@H](O)c1ccc(O)cc1)NO. The third kappa shape index (κ3) is 5.95. The number of aliphatic hydroxyl groups is 1. The number of allylic oxidation sites excluding steroid dienone is 1. The number of hydrogen-bond donors (Lipinski definition) is 4. The van der Waals surface area contributed by atoms with Crippen LogP contribution in [0.4, 0.5) is 0 Å². The number of aliphatic hydroxyl groups excluding tert-OH is 1. The summed E-state index contributed by atoms with van der Waals surface area (Å²) < 4.78 is 5.90. The largest absolute Gasteiger partial charge is 0.508 e. The summed E-state index contributed by atoms with van der Waals surface area (Å²) in [5.41, 5.74) is 2.14. The maximum atomic E-state index is 11.0. The molecule has 0 aliphatic rings. The number of hydrogen-bond acceptors (Lipinski definition) is 5. The van der Waals surface area contributed by atoms with Gasteiger partial charge in [0.05, 0.1) is 0 Å². The average molecular weight is 343 g/mol. The second kappa shape index (κ2) is 9.46. The zero-order valence-corrected chi connectivity index (χ0v) is 13.6. The zero-order chi connectivity index (χ0) is 18.1. The molecule has 132 valence electrons. The van der Waals surface area contributed by atoms with Crippen molar-refractivity contribution in [2.24, 2.45) is 0 Å². The van der Waals surface area contributed by atoms with E-state index in [1.807, 2.05) is 18.2 Å². The molecule has 0 saturated carbocycles. The van der Waals surface area contributed by atoms with Gasteiger partial charge in [-0.1, -0.05) is 36.4 Å². The van der Waals surface area contributed by atoms with E-state index in [2.05, 4.69) is 0 Å². The molecule has 0 fully saturated rings. The van der Waals surface area contributed by atoms with E-state index in [-0.39, 0.29) is 5.75 Å². The molecule has 0 bridgehead atoms. The molecule has 4 N–H and O–H groups in total. The van der Waals surface area contributed by atoms with Crippen LogP contribution in [0, 0.1) is 0 Å². The molecule has 0 saturated heterocycles. The van der Waals surface area contributed by atoms with Crippen LogP contribution < -0.4 is 10.2 Å². The minimum atomic E-state index is -0.902. The zero-order valence-electron chi connectivity index (χ0n) is 13.6. The molecule has 2 aromatic rings. The van der Waals surface area contributed by atoms with Crippen molar-refractivity contribution in [3.63, 3.8) is 0 Å². The van der Waals surface area contributed by atoms with Crippen molar-refractivity contribution in [1.82, 2.24) is 5.48 Å². The topological polar surface area (TPSA) is 99.0 Å². The highest BCUT2D eigenvalue weighted by Gasteiger charge is 2.22. The highest BCUT2D eigenvalue weighted by Crippen LogP contribution is 2.26. The first-order valence-corrected chi connectivity index (χ1v) is 7.89. The molecule has 0 aliphatic heterocycles. The van der Waals surface area contributed by atoms with Crippen LogP contribution in [-0.2, 0) is 4.79 Å². The van der Waals surface area contributed by atoms with E-state index in [0.717, 1.165) is 0 Å². The Hall–Kier alpha value is -2.83. The third-order valence-corrected chi connectivity index (χ3v) is 3.61. The molecule has 2 atom stereocenters. The van der Waals surface area contributed by atoms with E-state index in [9.17, 15) is 15.0 Å². The van der Waals surface area contributed by atoms with Gasteiger partial charge in [-0.2, -0.15) is 0 Å². The first-order chi connectivity index (χ1) is 12.1. The Bertz CT molecular complexity index is 685. The Labute approximate surface area is 146 Å². The van der Waals surface area contributed by atoms with Gasteiger partial charge in [-0.05, 0) is 42.7 Å². The first kappa shape index (κ1) is 18.5. The van der Waals surface area contributed by atoms with Gasteiger partial charge in [-0.3, -0.25) is 10.0 Å². The number of benzene rings is 2. The minimum absolute atomic E-state index is 0.120. The second-order valence-electron chi connectivity index (χ2n) is 5.46. The predicted octanol–water partition coefficient (Wildman–Crippen LogP) is 2.71. The molecule has 25 heavy (non-hydrogen) atoms. The van der Waals surface area contributed by atoms with E-state index in [0.29, 0.717) is 24.2 Å². The summed E-state index contributed by atoms with van der Waals surface area (Å²) in [5.74, 6) is 0.136. The minimum Gasteiger partial charge on any atom is -0.508 e. The lowest BCUT2D eigenvalue weighted by Gasteiger charge is -2.24. The van der Waals surface area contributed by atoms with Crippen LogP contribution in [-0.4, -0.2) is 27.4 Å². The fraction of sp³-hybridized carbons (Fsp3) is 0.211. The van der Waals surface area contributed by atoms with Gasteiger partial charge in [0.1, 0.15) is 23.7 Å². The van der Waals surface area contributed by atoms with Crippen molar-refractivity contribution in [3.05, 3.63) is 72.3 Å². The number of aromatic hydroxyl groups is 1. The molecular formula is C19H21NO5. The number of carbonyl (C=O) groups excluding carboxylic acids is 1. The van der Waals surface area contributed by atoms with Crippen molar-refractivity contribution in [1.29, 1.82) is 0 Å². The molecule has 0 spiro atoms. The summed E-state index contributed by atoms with van der Waals surface area (Å²) in [5, 5.41) is 28.5. The molecule has 6 heteroatoms. The van der Waals surface area contributed by atoms with Gasteiger partial charge < -0.3 is 14.9 Å². The number of hydroxylamine groups is 1. The summed E-state index contributed by atoms with van der Waals surface area (Å²) in [7, 11) is 0. The fourth-order valence-electron chi connectivity index (χ4n) is 2.33. The number of phenolic OH excluding ortho intramolecular Hbond substituents is 1. The van der Waals surface area contributed by atoms with Crippen molar-refractivity contribution in [2.75, 3.05) is 0 Å². The second-order valence-corrected chi connectivity index (χ2v) is 5.46. The summed E-state index contributed by atoms with van der Waals surface area (Å²) in [4.78, 5) is 11.0. The summed E-state index contributed by atoms with van der Waals surface area (Å²) >= 11 is 0. The number of phenols is 1. The van der Waals surface area contributed by atoms with E-state index in [1.54, 1.807) is 30.3 Å². The molecule has 0 unspecified atom stereocenters. The standard InChI is InChI=1S/C19H21NO5/c21-15-12-10-14(11-13-15)19(23)17(8-4-5-9-18(22)20-24)25-16-6-2-1-3-7-16/h1-3,5-7,9-13,17,19,21,23-24H,4,8H2,(H,20,22)/b9-5+/t17-,19-/m1/s1. The van der Waals surface area contributed by atoms with E-state index in [1.165, 1.54) is 23.7 Å². The van der Waals surface area contributed by atoms with E-state index >= 15 is 0 Å². The van der Waals surface area contributed by atoms with Crippen LogP contribution in [0.1, 0.15) is 24.5 Å². The molecule has 0 radical (unpaired) electrons. The van der Waals surface area contributed by atoms with Crippen LogP contribution in [0.15, 0.2) is 66.7 Å². The Morgan fingerprint density at radius 3 is 2.44 bits per heavy atom. The lowest BCUT2D eigenvalue weighted by atomic mass is 10.00. The van der Waals surface area contributed by atoms with Gasteiger partial charge in [0.2, 0.25) is 0 Å². The molecule has 0 heterocycles. The Morgan fingerprint density at radius 2 is 1.80 bits per heavy atom. The highest BCUT2D eigenvalue weighted by atomic mass is 16.5. The van der Waals surface area contributed by atoms with Crippen LogP contribution in [0.3, 0.4) is 0 Å². The molecule has 2 aromatic carbocycles. The number of amides is 1. The van der Waals surface area contributed by atoms with Crippen LogP contribution >= 0.6 is 0 Å². The molecular weight excluding hydrogens is 322 g/mol.